The molecule has 3 heterocycles. The Labute approximate surface area is 190 Å². The molecule has 2 aromatic rings. The molecule has 0 fully saturated rings. The number of benzene rings is 1. The van der Waals surface area contributed by atoms with Crippen LogP contribution in [0.2, 0.25) is 0 Å². The molecule has 2 aliphatic heterocycles. The third-order valence-electron chi connectivity index (χ3n) is 5.37. The van der Waals surface area contributed by atoms with E-state index in [-0.39, 0.29) is 30.4 Å². The maximum absolute atomic E-state index is 13.0. The fourth-order valence-electron chi connectivity index (χ4n) is 3.63. The van der Waals surface area contributed by atoms with Crippen LogP contribution in [0.1, 0.15) is 31.0 Å². The van der Waals surface area contributed by atoms with Crippen molar-refractivity contribution in [2.24, 2.45) is 0 Å². The van der Waals surface area contributed by atoms with Crippen molar-refractivity contribution in [2.75, 3.05) is 5.32 Å². The van der Waals surface area contributed by atoms with Crippen LogP contribution < -0.4 is 16.6 Å². The first kappa shape index (κ1) is 22.1. The van der Waals surface area contributed by atoms with E-state index in [9.17, 15) is 14.4 Å². The quantitative estimate of drug-likeness (QED) is 0.451. The van der Waals surface area contributed by atoms with Gasteiger partial charge in [-0.2, -0.15) is 4.98 Å². The highest BCUT2D eigenvalue weighted by Crippen LogP contribution is 2.15. The van der Waals surface area contributed by atoms with Gasteiger partial charge in [-0.25, -0.2) is 4.79 Å². The molecule has 0 unspecified atom stereocenters. The number of aryl methyl sites for hydroxylation is 1. The Morgan fingerprint density at radius 1 is 1.03 bits per heavy atom. The molecule has 0 spiro atoms. The summed E-state index contributed by atoms with van der Waals surface area (Å²) < 4.78 is 2.56. The summed E-state index contributed by atoms with van der Waals surface area (Å²) in [5.41, 5.74) is 1.63. The van der Waals surface area contributed by atoms with Crippen molar-refractivity contribution in [1.82, 2.24) is 19.1 Å². The largest absolute Gasteiger partial charge is 0.352 e. The minimum absolute atomic E-state index is 0.0328. The van der Waals surface area contributed by atoms with Crippen LogP contribution in [0, 0.1) is 0 Å². The molecule has 4 rings (SSSR count). The molecule has 0 radical (unpaired) electrons. The van der Waals surface area contributed by atoms with Crippen LogP contribution in [-0.4, -0.2) is 25.0 Å². The Morgan fingerprint density at radius 3 is 2.58 bits per heavy atom. The van der Waals surface area contributed by atoms with Crippen LogP contribution in [0.4, 0.5) is 5.69 Å². The highest BCUT2D eigenvalue weighted by atomic mass is 16.2. The van der Waals surface area contributed by atoms with E-state index in [1.807, 2.05) is 24.3 Å². The second-order valence-electron chi connectivity index (χ2n) is 7.83. The molecule has 2 aliphatic rings. The van der Waals surface area contributed by atoms with E-state index in [1.54, 1.807) is 42.7 Å². The van der Waals surface area contributed by atoms with Crippen LogP contribution in [-0.2, 0) is 24.3 Å². The fraction of sp³-hybridized carbons (Fsp3) is 0.240. The van der Waals surface area contributed by atoms with Gasteiger partial charge in [0, 0.05) is 18.1 Å². The first-order chi connectivity index (χ1) is 16.0. The number of pyridine rings is 2. The second kappa shape index (κ2) is 10.0. The first-order valence-electron chi connectivity index (χ1n) is 10.9. The molecule has 0 saturated heterocycles. The lowest BCUT2D eigenvalue weighted by molar-refractivity contribution is -0.116. The molecule has 8 heteroatoms. The van der Waals surface area contributed by atoms with Gasteiger partial charge < -0.3 is 9.88 Å². The highest BCUT2D eigenvalue weighted by Gasteiger charge is 2.18. The molecule has 1 aromatic heterocycles. The summed E-state index contributed by atoms with van der Waals surface area (Å²) in [4.78, 5) is 46.5. The van der Waals surface area contributed by atoms with E-state index in [4.69, 9.17) is 0 Å². The monoisotopic (exact) mass is 443 g/mol. The number of aromatic nitrogens is 4. The molecule has 0 atom stereocenters. The molecular formula is C25H25N5O3. The van der Waals surface area contributed by atoms with Crippen molar-refractivity contribution < 1.29 is 4.79 Å². The molecule has 33 heavy (non-hydrogen) atoms. The number of carbonyl (C=O) groups excluding carboxylic acids is 1. The predicted octanol–water partition coefficient (Wildman–Crippen LogP) is 2.93. The molecule has 1 amide bonds. The fourth-order valence-corrected chi connectivity index (χ4v) is 3.63. The van der Waals surface area contributed by atoms with Crippen LogP contribution >= 0.6 is 0 Å². The predicted molar refractivity (Wildman–Crippen MR) is 126 cm³/mol. The normalized spacial score (nSPS) is 10.9. The van der Waals surface area contributed by atoms with Crippen molar-refractivity contribution in [3.63, 3.8) is 0 Å². The summed E-state index contributed by atoms with van der Waals surface area (Å²) in [7, 11) is 0. The van der Waals surface area contributed by atoms with Gasteiger partial charge in [-0.15, -0.1) is 0 Å². The van der Waals surface area contributed by atoms with Gasteiger partial charge in [0.15, 0.2) is 5.82 Å². The number of rotatable bonds is 8. The Kier molecular flexibility index (Phi) is 6.73. The number of unbranched alkanes of at least 4 members (excludes halogenated alkanes) is 1. The van der Waals surface area contributed by atoms with E-state index >= 15 is 0 Å². The maximum Gasteiger partial charge on any atom is 0.352 e. The summed E-state index contributed by atoms with van der Waals surface area (Å²) in [6.45, 7) is 2.11. The topological polar surface area (TPSA) is 98.9 Å². The number of amides is 1. The van der Waals surface area contributed by atoms with Crippen molar-refractivity contribution in [3.8, 4) is 11.4 Å². The summed E-state index contributed by atoms with van der Waals surface area (Å²) >= 11 is 0. The molecule has 168 valence electrons. The van der Waals surface area contributed by atoms with Gasteiger partial charge in [-0.05, 0) is 54.8 Å². The second-order valence-corrected chi connectivity index (χ2v) is 7.83. The van der Waals surface area contributed by atoms with Gasteiger partial charge in [0.1, 0.15) is 6.54 Å². The van der Waals surface area contributed by atoms with E-state index in [2.05, 4.69) is 22.2 Å². The highest BCUT2D eigenvalue weighted by molar-refractivity contribution is 5.90. The number of fused-ring (bicyclic) bond motifs is 1. The summed E-state index contributed by atoms with van der Waals surface area (Å²) in [5.74, 6) is -0.101. The summed E-state index contributed by atoms with van der Waals surface area (Å²) in [6, 6.07) is 16.3. The standard InChI is InChI=1S/C25H25N5O3/c1-2-3-7-18-10-12-19(13-11-18)27-22(31)17-29-15-6-9-21-23(29)28-25(33)30(24(21)32)16-20-8-4-5-14-26-20/h4-6,8-15H,2-3,7,16-17H2,1H3,(H,27,31). The van der Waals surface area contributed by atoms with Gasteiger partial charge >= 0.3 is 5.69 Å². The number of hydrogen-bond acceptors (Lipinski definition) is 5. The number of anilines is 1. The van der Waals surface area contributed by atoms with Gasteiger partial charge in [-0.3, -0.25) is 19.1 Å². The number of hydrogen-bond donors (Lipinski definition) is 1. The van der Waals surface area contributed by atoms with E-state index in [1.165, 1.54) is 10.1 Å². The Hall–Kier alpha value is -4.07. The van der Waals surface area contributed by atoms with Crippen molar-refractivity contribution in [1.29, 1.82) is 0 Å². The molecule has 0 bridgehead atoms. The van der Waals surface area contributed by atoms with Gasteiger partial charge in [0.25, 0.3) is 5.56 Å². The number of nitrogens with zero attached hydrogens (tertiary/aromatic N) is 4. The maximum atomic E-state index is 13.0. The molecule has 0 aliphatic carbocycles. The average Bonchev–Trinajstić information content (AvgIpc) is 2.82. The Balaban J connectivity index is 1.54. The van der Waals surface area contributed by atoms with Gasteiger partial charge in [0.2, 0.25) is 5.91 Å². The van der Waals surface area contributed by atoms with Crippen LogP contribution in [0.3, 0.4) is 0 Å². The zero-order valence-electron chi connectivity index (χ0n) is 18.4. The first-order valence-corrected chi connectivity index (χ1v) is 10.9. The molecule has 0 saturated carbocycles. The summed E-state index contributed by atoms with van der Waals surface area (Å²) in [6.07, 6.45) is 6.50. The van der Waals surface area contributed by atoms with Crippen LogP contribution in [0.25, 0.3) is 11.4 Å². The van der Waals surface area contributed by atoms with E-state index < -0.39 is 11.2 Å². The lowest BCUT2D eigenvalue weighted by atomic mass is 10.1. The van der Waals surface area contributed by atoms with Gasteiger partial charge in [-0.1, -0.05) is 31.5 Å². The third-order valence-corrected chi connectivity index (χ3v) is 5.37. The van der Waals surface area contributed by atoms with Crippen molar-refractivity contribution >= 4 is 11.6 Å². The van der Waals surface area contributed by atoms with Crippen molar-refractivity contribution in [2.45, 2.75) is 39.3 Å². The smallest absolute Gasteiger partial charge is 0.325 e. The lowest BCUT2D eigenvalue weighted by Gasteiger charge is -2.15. The zero-order valence-corrected chi connectivity index (χ0v) is 18.4. The number of nitrogens with one attached hydrogen (secondary N) is 1. The number of carbonyl (C=O) groups is 1. The Morgan fingerprint density at radius 2 is 1.85 bits per heavy atom. The Bertz CT molecular complexity index is 1330. The van der Waals surface area contributed by atoms with Crippen LogP contribution in [0.5, 0.6) is 0 Å². The van der Waals surface area contributed by atoms with Gasteiger partial charge in [0.05, 0.1) is 17.8 Å². The van der Waals surface area contributed by atoms with E-state index in [0.717, 1.165) is 23.8 Å². The zero-order chi connectivity index (χ0) is 23.2. The molecular weight excluding hydrogens is 418 g/mol. The summed E-state index contributed by atoms with van der Waals surface area (Å²) in [5, 5.41) is 2.85. The van der Waals surface area contributed by atoms with Crippen LogP contribution in [0.15, 0.2) is 76.6 Å². The third kappa shape index (κ3) is 5.23. The average molecular weight is 444 g/mol. The molecule has 8 nitrogen and oxygen atoms in total. The van der Waals surface area contributed by atoms with E-state index in [0.29, 0.717) is 11.4 Å². The molecule has 1 aromatic carbocycles. The molecule has 1 N–H and O–H groups in total. The minimum Gasteiger partial charge on any atom is -0.325 e. The minimum atomic E-state index is -0.679. The lowest BCUT2D eigenvalue weighted by Crippen LogP contribution is -2.38. The van der Waals surface area contributed by atoms with Crippen molar-refractivity contribution in [3.05, 3.63) is 99.1 Å². The SMILES string of the molecule is CCCCc1ccc(NC(=O)Cn2cccc3c(=O)n(Cc4ccccn4)c(=O)nc2-3)cc1.